The van der Waals surface area contributed by atoms with Crippen LogP contribution in [0.15, 0.2) is 48.8 Å². The minimum Gasteiger partial charge on any atom is -0.455 e. The first kappa shape index (κ1) is 12.6. The zero-order valence-corrected chi connectivity index (χ0v) is 10.6. The molecular formula is C15H18N2O. The Bertz CT molecular complexity index is 471. The average molecular weight is 242 g/mol. The van der Waals surface area contributed by atoms with Gasteiger partial charge in [0.05, 0.1) is 6.20 Å². The first-order valence-corrected chi connectivity index (χ1v) is 6.26. The lowest BCUT2D eigenvalue weighted by Crippen LogP contribution is -2.14. The molecule has 3 nitrogen and oxygen atoms in total. The highest BCUT2D eigenvalue weighted by atomic mass is 16.5. The summed E-state index contributed by atoms with van der Waals surface area (Å²) in [6.45, 7) is 4.00. The van der Waals surface area contributed by atoms with Gasteiger partial charge in [-0.2, -0.15) is 0 Å². The molecule has 0 aliphatic heterocycles. The van der Waals surface area contributed by atoms with Gasteiger partial charge >= 0.3 is 0 Å². The summed E-state index contributed by atoms with van der Waals surface area (Å²) in [5, 5.41) is 3.38. The Hall–Kier alpha value is -1.87. The number of aromatic nitrogens is 1. The third-order valence-electron chi connectivity index (χ3n) is 2.58. The molecule has 0 aliphatic rings. The van der Waals surface area contributed by atoms with Crippen molar-refractivity contribution in [2.45, 2.75) is 19.9 Å². The maximum Gasteiger partial charge on any atom is 0.145 e. The van der Waals surface area contributed by atoms with E-state index in [-0.39, 0.29) is 0 Å². The van der Waals surface area contributed by atoms with Crippen molar-refractivity contribution in [3.05, 3.63) is 54.4 Å². The first-order chi connectivity index (χ1) is 8.90. The van der Waals surface area contributed by atoms with E-state index in [9.17, 15) is 0 Å². The van der Waals surface area contributed by atoms with E-state index in [1.807, 2.05) is 30.3 Å². The number of para-hydroxylation sites is 1. The molecule has 0 unspecified atom stereocenters. The van der Waals surface area contributed by atoms with Crippen LogP contribution in [0.3, 0.4) is 0 Å². The van der Waals surface area contributed by atoms with Crippen LogP contribution in [-0.2, 0) is 6.54 Å². The predicted octanol–water partition coefficient (Wildman–Crippen LogP) is 3.37. The summed E-state index contributed by atoms with van der Waals surface area (Å²) < 4.78 is 5.84. The second-order valence-electron chi connectivity index (χ2n) is 4.08. The van der Waals surface area contributed by atoms with E-state index in [1.165, 1.54) is 0 Å². The molecule has 0 bridgehead atoms. The number of hydrogen-bond acceptors (Lipinski definition) is 3. The van der Waals surface area contributed by atoms with Crippen molar-refractivity contribution in [2.75, 3.05) is 6.54 Å². The smallest absolute Gasteiger partial charge is 0.145 e. The lowest BCUT2D eigenvalue weighted by Gasteiger charge is -2.11. The Balaban J connectivity index is 2.07. The third-order valence-corrected chi connectivity index (χ3v) is 2.58. The Morgan fingerprint density at radius 1 is 1.17 bits per heavy atom. The van der Waals surface area contributed by atoms with E-state index in [0.29, 0.717) is 0 Å². The highest BCUT2D eigenvalue weighted by molar-refractivity contribution is 5.36. The minimum atomic E-state index is 0.764. The number of hydrogen-bond donors (Lipinski definition) is 1. The maximum absolute atomic E-state index is 5.84. The summed E-state index contributed by atoms with van der Waals surface area (Å²) in [7, 11) is 0. The topological polar surface area (TPSA) is 34.1 Å². The summed E-state index contributed by atoms with van der Waals surface area (Å²) in [5.41, 5.74) is 1.16. The van der Waals surface area contributed by atoms with Crippen molar-refractivity contribution in [3.63, 3.8) is 0 Å². The summed E-state index contributed by atoms with van der Waals surface area (Å²) in [6, 6.07) is 11.8. The summed E-state index contributed by atoms with van der Waals surface area (Å²) in [4.78, 5) is 4.05. The number of benzene rings is 1. The Kier molecular flexibility index (Phi) is 4.73. The average Bonchev–Trinajstić information content (AvgIpc) is 2.42. The summed E-state index contributed by atoms with van der Waals surface area (Å²) >= 11 is 0. The van der Waals surface area contributed by atoms with Crippen LogP contribution in [0.4, 0.5) is 0 Å². The quantitative estimate of drug-likeness (QED) is 0.788. The number of pyridine rings is 1. The second kappa shape index (κ2) is 6.77. The van der Waals surface area contributed by atoms with Crippen LogP contribution >= 0.6 is 0 Å². The van der Waals surface area contributed by atoms with Crippen LogP contribution in [0.2, 0.25) is 0 Å². The van der Waals surface area contributed by atoms with Gasteiger partial charge < -0.3 is 10.1 Å². The molecule has 3 heteroatoms. The van der Waals surface area contributed by atoms with Crippen molar-refractivity contribution in [1.82, 2.24) is 10.3 Å². The van der Waals surface area contributed by atoms with Gasteiger partial charge in [-0.05, 0) is 31.2 Å². The van der Waals surface area contributed by atoms with E-state index in [2.05, 4.69) is 23.3 Å². The fraction of sp³-hybridized carbons (Fsp3) is 0.267. The highest BCUT2D eigenvalue weighted by Crippen LogP contribution is 2.24. The van der Waals surface area contributed by atoms with Gasteiger partial charge in [-0.25, -0.2) is 0 Å². The normalized spacial score (nSPS) is 10.3. The molecule has 2 aromatic rings. The molecule has 18 heavy (non-hydrogen) atoms. The van der Waals surface area contributed by atoms with Gasteiger partial charge in [0.2, 0.25) is 0 Å². The number of ether oxygens (including phenoxy) is 1. The van der Waals surface area contributed by atoms with Crippen molar-refractivity contribution >= 4 is 0 Å². The molecule has 0 radical (unpaired) electrons. The van der Waals surface area contributed by atoms with Gasteiger partial charge in [0, 0.05) is 18.3 Å². The van der Waals surface area contributed by atoms with Crippen LogP contribution in [0, 0.1) is 0 Å². The molecule has 1 aromatic carbocycles. The van der Waals surface area contributed by atoms with E-state index in [4.69, 9.17) is 4.74 Å². The van der Waals surface area contributed by atoms with Crippen LogP contribution in [0.5, 0.6) is 11.5 Å². The van der Waals surface area contributed by atoms with Gasteiger partial charge in [-0.15, -0.1) is 0 Å². The van der Waals surface area contributed by atoms with Crippen molar-refractivity contribution in [2.24, 2.45) is 0 Å². The molecule has 1 aromatic heterocycles. The highest BCUT2D eigenvalue weighted by Gasteiger charge is 2.03. The Labute approximate surface area is 108 Å². The van der Waals surface area contributed by atoms with Crippen molar-refractivity contribution < 1.29 is 4.74 Å². The SMILES string of the molecule is CCCNCc1ccccc1Oc1cccnc1. The van der Waals surface area contributed by atoms with Crippen LogP contribution in [-0.4, -0.2) is 11.5 Å². The molecule has 0 atom stereocenters. The minimum absolute atomic E-state index is 0.764. The Morgan fingerprint density at radius 2 is 2.06 bits per heavy atom. The molecular weight excluding hydrogens is 224 g/mol. The molecule has 0 saturated heterocycles. The zero-order chi connectivity index (χ0) is 12.6. The molecule has 1 N–H and O–H groups in total. The molecule has 1 heterocycles. The molecule has 0 saturated carbocycles. The van der Waals surface area contributed by atoms with E-state index < -0.39 is 0 Å². The predicted molar refractivity (Wildman–Crippen MR) is 72.8 cm³/mol. The number of nitrogens with zero attached hydrogens (tertiary/aromatic N) is 1. The second-order valence-corrected chi connectivity index (χ2v) is 4.08. The van der Waals surface area contributed by atoms with Crippen molar-refractivity contribution in [3.8, 4) is 11.5 Å². The van der Waals surface area contributed by atoms with Gasteiger partial charge in [0.25, 0.3) is 0 Å². The fourth-order valence-electron chi connectivity index (χ4n) is 1.68. The zero-order valence-electron chi connectivity index (χ0n) is 10.6. The van der Waals surface area contributed by atoms with Crippen molar-refractivity contribution in [1.29, 1.82) is 0 Å². The Morgan fingerprint density at radius 3 is 2.83 bits per heavy atom. The van der Waals surface area contributed by atoms with Gasteiger partial charge in [0.1, 0.15) is 11.5 Å². The molecule has 0 spiro atoms. The first-order valence-electron chi connectivity index (χ1n) is 6.26. The monoisotopic (exact) mass is 242 g/mol. The largest absolute Gasteiger partial charge is 0.455 e. The summed E-state index contributed by atoms with van der Waals surface area (Å²) in [6.07, 6.45) is 4.59. The van der Waals surface area contributed by atoms with Crippen LogP contribution in [0.1, 0.15) is 18.9 Å². The van der Waals surface area contributed by atoms with Gasteiger partial charge in [-0.3, -0.25) is 4.98 Å². The van der Waals surface area contributed by atoms with Crippen LogP contribution in [0.25, 0.3) is 0 Å². The summed E-state index contributed by atoms with van der Waals surface area (Å²) in [5.74, 6) is 1.65. The van der Waals surface area contributed by atoms with E-state index >= 15 is 0 Å². The molecule has 94 valence electrons. The van der Waals surface area contributed by atoms with Gasteiger partial charge in [0.15, 0.2) is 0 Å². The van der Waals surface area contributed by atoms with Crippen LogP contribution < -0.4 is 10.1 Å². The molecule has 0 aliphatic carbocycles. The molecule has 2 rings (SSSR count). The van der Waals surface area contributed by atoms with E-state index in [0.717, 1.165) is 36.6 Å². The lowest BCUT2D eigenvalue weighted by molar-refractivity contribution is 0.470. The number of rotatable bonds is 6. The fourth-order valence-corrected chi connectivity index (χ4v) is 1.68. The van der Waals surface area contributed by atoms with E-state index in [1.54, 1.807) is 12.4 Å². The standard InChI is InChI=1S/C15H18N2O/c1-2-9-16-11-13-6-3-4-8-15(13)18-14-7-5-10-17-12-14/h3-8,10,12,16H,2,9,11H2,1H3. The maximum atomic E-state index is 5.84. The molecule has 0 amide bonds. The lowest BCUT2D eigenvalue weighted by atomic mass is 10.2. The van der Waals surface area contributed by atoms with Gasteiger partial charge in [-0.1, -0.05) is 25.1 Å². The molecule has 0 fully saturated rings. The number of nitrogens with one attached hydrogen (secondary N) is 1. The third kappa shape index (κ3) is 3.57.